The molecule has 0 unspecified atom stereocenters. The summed E-state index contributed by atoms with van der Waals surface area (Å²) in [5.41, 5.74) is 14.3. The minimum atomic E-state index is -1.42. The maximum absolute atomic E-state index is 15.3. The van der Waals surface area contributed by atoms with Gasteiger partial charge in [-0.05, 0) is 147 Å². The monoisotopic (exact) mass is 1470 g/mol. The van der Waals surface area contributed by atoms with Gasteiger partial charge in [-0.3, -0.25) is 57.5 Å². The molecule has 0 aromatic heterocycles. The van der Waals surface area contributed by atoms with Gasteiger partial charge in [0.25, 0.3) is 0 Å². The van der Waals surface area contributed by atoms with Crippen LogP contribution in [0.3, 0.4) is 0 Å². The van der Waals surface area contributed by atoms with E-state index in [9.17, 15) is 58.2 Å². The number of amides is 12. The molecule has 4 aromatic carbocycles. The van der Waals surface area contributed by atoms with E-state index in [-0.39, 0.29) is 127 Å². The van der Waals surface area contributed by atoms with E-state index in [0.29, 0.717) is 35.1 Å². The Morgan fingerprint density at radius 1 is 0.349 bits per heavy atom. The van der Waals surface area contributed by atoms with Crippen molar-refractivity contribution in [1.29, 1.82) is 0 Å². The third kappa shape index (κ3) is 24.6. The minimum absolute atomic E-state index is 0.0152. The van der Waals surface area contributed by atoms with Gasteiger partial charge in [0.1, 0.15) is 84.0 Å². The average Bonchev–Trinajstić information content (AvgIpc) is 1.52. The average molecular weight is 1470 g/mol. The summed E-state index contributed by atoms with van der Waals surface area (Å²) in [6.45, 7) is 14.3. The van der Waals surface area contributed by atoms with Gasteiger partial charge in [0.2, 0.25) is 70.9 Å². The first-order valence-electron chi connectivity index (χ1n) is 37.2. The number of carbonyl (C=O) groups is 12. The third-order valence-corrected chi connectivity index (χ3v) is 19.3. The van der Waals surface area contributed by atoms with Crippen molar-refractivity contribution < 1.29 is 67.7 Å². The van der Waals surface area contributed by atoms with Gasteiger partial charge in [-0.2, -0.15) is 0 Å². The van der Waals surface area contributed by atoms with Crippen LogP contribution in [-0.4, -0.2) is 190 Å². The molecule has 12 amide bonds. The van der Waals surface area contributed by atoms with Gasteiger partial charge in [-0.25, -0.2) is 0 Å². The summed E-state index contributed by atoms with van der Waals surface area (Å²) in [7, 11) is 0. The lowest BCUT2D eigenvalue weighted by Crippen LogP contribution is -2.62. The molecule has 576 valence electrons. The molecule has 0 bridgehead atoms. The van der Waals surface area contributed by atoms with E-state index in [1.807, 2.05) is 27.7 Å². The molecule has 12 atom stereocenters. The number of hydrogen-bond donors (Lipinski definition) is 14. The number of nitrogens with one attached hydrogen (secondary N) is 10. The van der Waals surface area contributed by atoms with Gasteiger partial charge in [0.05, 0.1) is 0 Å². The molecule has 4 aromatic rings. The Bertz CT molecular complexity index is 3400. The summed E-state index contributed by atoms with van der Waals surface area (Å²) in [6, 6.07) is 13.7. The number of nitrogens with zero attached hydrogens (tertiary/aromatic N) is 2. The van der Waals surface area contributed by atoms with Crippen LogP contribution in [0.5, 0.6) is 11.5 Å². The largest absolute Gasteiger partial charge is 0.508 e. The topological polar surface area (TPSA) is 424 Å². The van der Waals surface area contributed by atoms with E-state index >= 15 is 9.59 Å². The molecule has 3 heterocycles. The molecule has 0 spiro atoms. The second-order valence-corrected chi connectivity index (χ2v) is 29.6. The van der Waals surface area contributed by atoms with Crippen LogP contribution < -0.4 is 64.6 Å². The van der Waals surface area contributed by atoms with Crippen LogP contribution in [0.2, 0.25) is 0 Å². The number of rotatable bonds is 20. The summed E-state index contributed by atoms with van der Waals surface area (Å²) < 4.78 is 0. The number of nitrogens with two attached hydrogens (primary N) is 2. The molecule has 106 heavy (non-hydrogen) atoms. The Morgan fingerprint density at radius 3 is 0.953 bits per heavy atom. The Labute approximate surface area is 621 Å². The van der Waals surface area contributed by atoms with Crippen LogP contribution in [0.25, 0.3) is 0 Å². The lowest BCUT2D eigenvalue weighted by Gasteiger charge is -2.32. The van der Waals surface area contributed by atoms with Crippen molar-refractivity contribution in [3.8, 4) is 11.5 Å². The molecule has 3 aliphatic heterocycles. The van der Waals surface area contributed by atoms with E-state index in [4.69, 9.17) is 11.5 Å². The van der Waals surface area contributed by atoms with Crippen molar-refractivity contribution in [2.45, 2.75) is 218 Å². The smallest absolute Gasteiger partial charge is 0.246 e. The maximum Gasteiger partial charge on any atom is 0.246 e. The van der Waals surface area contributed by atoms with Gasteiger partial charge < -0.3 is 84.6 Å². The van der Waals surface area contributed by atoms with Crippen LogP contribution >= 0.6 is 0 Å². The maximum atomic E-state index is 15.3. The molecule has 0 saturated carbocycles. The van der Waals surface area contributed by atoms with E-state index in [1.165, 1.54) is 34.1 Å². The number of fused-ring (bicyclic) bond motifs is 2. The normalized spacial score (nSPS) is 25.2. The van der Waals surface area contributed by atoms with Crippen molar-refractivity contribution in [2.75, 3.05) is 26.2 Å². The zero-order valence-electron chi connectivity index (χ0n) is 62.2. The van der Waals surface area contributed by atoms with E-state index in [2.05, 4.69) is 53.2 Å². The molecule has 28 nitrogen and oxygen atoms in total. The molecule has 3 fully saturated rings. The first-order valence-corrected chi connectivity index (χ1v) is 37.2. The fourth-order valence-electron chi connectivity index (χ4n) is 13.6. The predicted molar refractivity (Wildman–Crippen MR) is 398 cm³/mol. The summed E-state index contributed by atoms with van der Waals surface area (Å²) in [6.07, 6.45) is 1.06. The Balaban J connectivity index is 1.30. The van der Waals surface area contributed by atoms with Crippen LogP contribution in [0.15, 0.2) is 109 Å². The number of carbonyl (C=O) groups excluding carboxylic acids is 12. The Kier molecular flexibility index (Phi) is 31.8. The number of hydrogen-bond acceptors (Lipinski definition) is 16. The molecule has 7 rings (SSSR count). The second kappa shape index (κ2) is 40.5. The van der Waals surface area contributed by atoms with Gasteiger partial charge >= 0.3 is 0 Å². The lowest BCUT2D eigenvalue weighted by molar-refractivity contribution is -0.143. The quantitative estimate of drug-likeness (QED) is 0.0602. The van der Waals surface area contributed by atoms with Gasteiger partial charge in [-0.1, -0.05) is 140 Å². The van der Waals surface area contributed by atoms with Gasteiger partial charge in [0, 0.05) is 38.8 Å². The van der Waals surface area contributed by atoms with Crippen molar-refractivity contribution in [2.24, 2.45) is 35.1 Å². The fourth-order valence-corrected chi connectivity index (χ4v) is 13.6. The van der Waals surface area contributed by atoms with Crippen LogP contribution in [0.4, 0.5) is 0 Å². The molecule has 16 N–H and O–H groups in total. The summed E-state index contributed by atoms with van der Waals surface area (Å²) in [4.78, 5) is 182. The van der Waals surface area contributed by atoms with Crippen molar-refractivity contribution in [3.05, 3.63) is 131 Å². The van der Waals surface area contributed by atoms with Crippen molar-refractivity contribution in [1.82, 2.24) is 63.0 Å². The first kappa shape index (κ1) is 83.3. The molecular weight excluding hydrogens is 1360 g/mol. The Morgan fingerprint density at radius 2 is 0.632 bits per heavy atom. The third-order valence-electron chi connectivity index (χ3n) is 19.3. The van der Waals surface area contributed by atoms with Gasteiger partial charge in [0.15, 0.2) is 0 Å². The van der Waals surface area contributed by atoms with E-state index in [0.717, 1.165) is 0 Å². The Hall–Kier alpha value is -9.96. The first-order chi connectivity index (χ1) is 50.5. The van der Waals surface area contributed by atoms with E-state index < -0.39 is 155 Å². The minimum Gasteiger partial charge on any atom is -0.508 e. The molecule has 0 radical (unpaired) electrons. The lowest BCUT2D eigenvalue weighted by atomic mass is 9.98. The standard InChI is InChI=1S/C78H110N14O14/c1-45(2)39-57-69(97)87-61(43-49-19-11-9-12-20-49)77(105)91-37-17-25-63(91)73(101)85-60(42-52-29-33-54(94)34-30-52)72(100)90-66(48(7)8)76(104)82-56(24-16-36-80)68(96)84-58(40-46(3)4)70(98)88-62(44-50-21-13-10-14-22-50)78(106)92-38-18-26-64(92)74(102)86-59(41-51-27-31-53(93)32-28-51)71(99)89-65(47(5)6)75(103)81-55(23-15-35-79)67(95)83-57/h9-14,19-22,27-34,45-48,55-66,93-94H,15-18,23-26,35-44,79-80H2,1-8H3,(H,81,103)(H,82,104)(H,83,95)(H,84,96)(H,85,101)(H,86,102)(H,87,97)(H,88,98)(H,89,99)(H,90,100)/t55-,56-,57-,58-,59-,60-,61-,62-,63-,64-,65-,66-/m0/s1. The zero-order valence-corrected chi connectivity index (χ0v) is 62.2. The highest BCUT2D eigenvalue weighted by Crippen LogP contribution is 2.25. The van der Waals surface area contributed by atoms with Crippen LogP contribution in [-0.2, 0) is 83.2 Å². The number of aromatic hydroxyl groups is 2. The highest BCUT2D eigenvalue weighted by atomic mass is 16.3. The molecule has 28 heteroatoms. The van der Waals surface area contributed by atoms with Gasteiger partial charge in [-0.15, -0.1) is 0 Å². The molecule has 3 saturated heterocycles. The summed E-state index contributed by atoms with van der Waals surface area (Å²) in [5.74, 6) is -10.9. The zero-order chi connectivity index (χ0) is 77.3. The number of phenols is 2. The second-order valence-electron chi connectivity index (χ2n) is 29.6. The fraction of sp³-hybridized carbons (Fsp3) is 0.538. The molecule has 3 aliphatic rings. The highest BCUT2D eigenvalue weighted by Gasteiger charge is 2.44. The summed E-state index contributed by atoms with van der Waals surface area (Å²) >= 11 is 0. The van der Waals surface area contributed by atoms with Crippen LogP contribution in [0.1, 0.15) is 142 Å². The SMILES string of the molecule is CC(C)C[C@@H]1NC(=O)[C@H](CCCN)NC(=O)[C@H](C(C)C)NC(=O)[C@H](Cc2ccc(O)cc2)NC(=O)[C@@H]2CCCN2C(=O)[C@H](Cc2ccccc2)NC(=O)[C@H](CC(C)C)NC(=O)[C@H](CCCN)NC(=O)[C@H](C(C)C)NC(=O)[C@H](Cc2ccc(O)cc2)NC(=O)[C@@H]2CCCN2C(=O)[C@H](Cc2ccccc2)NC1=O. The van der Waals surface area contributed by atoms with Crippen LogP contribution in [0, 0.1) is 23.7 Å². The predicted octanol–water partition coefficient (Wildman–Crippen LogP) is 2.09. The van der Waals surface area contributed by atoms with Crippen molar-refractivity contribution >= 4 is 70.9 Å². The van der Waals surface area contributed by atoms with Crippen molar-refractivity contribution in [3.63, 3.8) is 0 Å². The number of benzene rings is 4. The van der Waals surface area contributed by atoms with E-state index in [1.54, 1.807) is 113 Å². The highest BCUT2D eigenvalue weighted by molar-refractivity contribution is 6.01. The summed E-state index contributed by atoms with van der Waals surface area (Å²) in [5, 5.41) is 48.9. The number of phenolic OH excluding ortho intramolecular Hbond substituents is 2. The molecular formula is C78H110N14O14. The molecule has 0 aliphatic carbocycles.